The van der Waals surface area contributed by atoms with Crippen molar-refractivity contribution in [3.05, 3.63) is 29.8 Å². The van der Waals surface area contributed by atoms with Crippen LogP contribution in [0.15, 0.2) is 24.3 Å². The molecule has 0 nitrogen and oxygen atoms in total. The molecule has 0 saturated carbocycles. The molecule has 0 atom stereocenters. The third-order valence-electron chi connectivity index (χ3n) is 1.43. The second kappa shape index (κ2) is 4.69. The van der Waals surface area contributed by atoms with E-state index in [9.17, 15) is 0 Å². The molecular formula is C7H7Cl2ISi. The van der Waals surface area contributed by atoms with Crippen LogP contribution < -0.4 is 5.19 Å². The molecule has 0 aliphatic heterocycles. The molecule has 0 radical (unpaired) electrons. The zero-order valence-electron chi connectivity index (χ0n) is 5.73. The lowest BCUT2D eigenvalue weighted by atomic mass is 10.2. The van der Waals surface area contributed by atoms with E-state index >= 15 is 0 Å². The maximum Gasteiger partial charge on any atom is 0.266 e. The summed E-state index contributed by atoms with van der Waals surface area (Å²) in [7, 11) is -1.65. The Hall–Kier alpha value is 0.747. The van der Waals surface area contributed by atoms with E-state index in [2.05, 4.69) is 28.7 Å². The van der Waals surface area contributed by atoms with Gasteiger partial charge in [-0.05, 0) is 10.8 Å². The Bertz CT molecular complexity index is 240. The molecule has 0 saturated heterocycles. The van der Waals surface area contributed by atoms with Crippen LogP contribution in [0.2, 0.25) is 0 Å². The summed E-state index contributed by atoms with van der Waals surface area (Å²) in [6, 6.07) is 8.09. The fourth-order valence-corrected chi connectivity index (χ4v) is 3.99. The molecule has 4 heteroatoms. The van der Waals surface area contributed by atoms with Gasteiger partial charge in [-0.25, -0.2) is 0 Å². The fraction of sp³-hybridized carbons (Fsp3) is 0.143. The monoisotopic (exact) mass is 316 g/mol. The maximum absolute atomic E-state index is 5.89. The minimum Gasteiger partial charge on any atom is -0.144 e. The van der Waals surface area contributed by atoms with Gasteiger partial charge in [-0.3, -0.25) is 0 Å². The number of benzene rings is 1. The average molecular weight is 317 g/mol. The zero-order valence-corrected chi connectivity index (χ0v) is 10.6. The Morgan fingerprint density at radius 2 is 1.91 bits per heavy atom. The SMILES string of the molecule is Cl[SiH](Cl)c1ccccc1CI. The highest BCUT2D eigenvalue weighted by Crippen LogP contribution is 2.07. The van der Waals surface area contributed by atoms with E-state index in [1.165, 1.54) is 5.56 Å². The second-order valence-corrected chi connectivity index (χ2v) is 7.41. The maximum atomic E-state index is 5.89. The molecule has 0 bridgehead atoms. The van der Waals surface area contributed by atoms with Gasteiger partial charge in [0, 0.05) is 4.43 Å². The largest absolute Gasteiger partial charge is 0.266 e. The van der Waals surface area contributed by atoms with E-state index in [0.717, 1.165) is 9.61 Å². The fourth-order valence-electron chi connectivity index (χ4n) is 0.869. The molecular weight excluding hydrogens is 310 g/mol. The molecule has 0 aliphatic rings. The Kier molecular flexibility index (Phi) is 4.20. The van der Waals surface area contributed by atoms with Crippen molar-refractivity contribution >= 4 is 57.4 Å². The first kappa shape index (κ1) is 9.83. The van der Waals surface area contributed by atoms with Crippen molar-refractivity contribution in [2.45, 2.75) is 4.43 Å². The normalized spacial score (nSPS) is 10.5. The van der Waals surface area contributed by atoms with Gasteiger partial charge in [-0.1, -0.05) is 46.9 Å². The summed E-state index contributed by atoms with van der Waals surface area (Å²) in [6.07, 6.45) is 0. The molecule has 0 unspecified atom stereocenters. The van der Waals surface area contributed by atoms with Crippen LogP contribution in [-0.2, 0) is 4.43 Å². The molecule has 11 heavy (non-hydrogen) atoms. The lowest BCUT2D eigenvalue weighted by Crippen LogP contribution is -2.21. The minimum atomic E-state index is -1.65. The molecule has 0 amide bonds. The summed E-state index contributed by atoms with van der Waals surface area (Å²) < 4.78 is 0.983. The summed E-state index contributed by atoms with van der Waals surface area (Å²) in [5.74, 6) is 0. The molecule has 60 valence electrons. The zero-order chi connectivity index (χ0) is 8.27. The molecule has 1 aromatic carbocycles. The lowest BCUT2D eigenvalue weighted by Gasteiger charge is -2.04. The number of alkyl halides is 1. The Balaban J connectivity index is 3.02. The Labute approximate surface area is 91.1 Å². The third-order valence-corrected chi connectivity index (χ3v) is 4.70. The summed E-state index contributed by atoms with van der Waals surface area (Å²) in [5, 5.41) is 1.16. The van der Waals surface area contributed by atoms with Crippen molar-refractivity contribution in [3.63, 3.8) is 0 Å². The highest BCUT2D eigenvalue weighted by molar-refractivity contribution is 14.1. The Morgan fingerprint density at radius 3 is 2.36 bits per heavy atom. The first-order valence-corrected chi connectivity index (χ1v) is 8.77. The van der Waals surface area contributed by atoms with Crippen molar-refractivity contribution in [2.75, 3.05) is 0 Å². The van der Waals surface area contributed by atoms with E-state index in [4.69, 9.17) is 22.2 Å². The van der Waals surface area contributed by atoms with Gasteiger partial charge in [0.1, 0.15) is 0 Å². The van der Waals surface area contributed by atoms with Crippen LogP contribution in [0.3, 0.4) is 0 Å². The van der Waals surface area contributed by atoms with Gasteiger partial charge in [0.2, 0.25) is 0 Å². The highest BCUT2D eigenvalue weighted by atomic mass is 127. The lowest BCUT2D eigenvalue weighted by molar-refractivity contribution is 1.50. The van der Waals surface area contributed by atoms with Crippen LogP contribution in [0.5, 0.6) is 0 Å². The van der Waals surface area contributed by atoms with Gasteiger partial charge in [-0.15, -0.1) is 22.2 Å². The number of halogens is 3. The summed E-state index contributed by atoms with van der Waals surface area (Å²) in [6.45, 7) is 0. The smallest absolute Gasteiger partial charge is 0.144 e. The molecule has 0 fully saturated rings. The predicted octanol–water partition coefficient (Wildman–Crippen LogP) is 2.53. The van der Waals surface area contributed by atoms with Gasteiger partial charge < -0.3 is 0 Å². The Morgan fingerprint density at radius 1 is 1.27 bits per heavy atom. The molecule has 0 aromatic heterocycles. The minimum absolute atomic E-state index is 0.983. The summed E-state index contributed by atoms with van der Waals surface area (Å²) in [4.78, 5) is 0. The predicted molar refractivity (Wildman–Crippen MR) is 62.7 cm³/mol. The van der Waals surface area contributed by atoms with Crippen molar-refractivity contribution in [1.29, 1.82) is 0 Å². The molecule has 0 spiro atoms. The molecule has 0 N–H and O–H groups in total. The van der Waals surface area contributed by atoms with Crippen LogP contribution in [-0.4, -0.2) is 7.42 Å². The molecule has 1 aromatic rings. The van der Waals surface area contributed by atoms with Gasteiger partial charge in [-0.2, -0.15) is 0 Å². The topological polar surface area (TPSA) is 0 Å². The van der Waals surface area contributed by atoms with Gasteiger partial charge >= 0.3 is 0 Å². The van der Waals surface area contributed by atoms with Crippen LogP contribution in [0.4, 0.5) is 0 Å². The summed E-state index contributed by atoms with van der Waals surface area (Å²) >= 11 is 14.1. The standard InChI is InChI=1S/C7H7Cl2ISi/c8-11(9)7-4-2-1-3-6(7)5-10/h1-4,11H,5H2. The van der Waals surface area contributed by atoms with E-state index in [1.54, 1.807) is 0 Å². The quantitative estimate of drug-likeness (QED) is 0.340. The molecule has 0 heterocycles. The van der Waals surface area contributed by atoms with Crippen LogP contribution in [0, 0.1) is 0 Å². The average Bonchev–Trinajstić information content (AvgIpc) is 2.04. The van der Waals surface area contributed by atoms with E-state index in [-0.39, 0.29) is 0 Å². The number of hydrogen-bond acceptors (Lipinski definition) is 0. The second-order valence-electron chi connectivity index (χ2n) is 2.13. The molecule has 1 rings (SSSR count). The van der Waals surface area contributed by atoms with Crippen molar-refractivity contribution in [3.8, 4) is 0 Å². The van der Waals surface area contributed by atoms with Gasteiger partial charge in [0.05, 0.1) is 0 Å². The first-order chi connectivity index (χ1) is 5.25. The third kappa shape index (κ3) is 2.61. The molecule has 0 aliphatic carbocycles. The van der Waals surface area contributed by atoms with Gasteiger partial charge in [0.15, 0.2) is 0 Å². The van der Waals surface area contributed by atoms with Crippen LogP contribution in [0.25, 0.3) is 0 Å². The van der Waals surface area contributed by atoms with Gasteiger partial charge in [0.25, 0.3) is 7.42 Å². The van der Waals surface area contributed by atoms with Crippen molar-refractivity contribution in [1.82, 2.24) is 0 Å². The first-order valence-electron chi connectivity index (χ1n) is 3.17. The summed E-state index contributed by atoms with van der Waals surface area (Å²) in [5.41, 5.74) is 1.27. The van der Waals surface area contributed by atoms with E-state index in [0.29, 0.717) is 0 Å². The van der Waals surface area contributed by atoms with E-state index < -0.39 is 7.42 Å². The number of rotatable bonds is 2. The number of hydrogen-bond donors (Lipinski definition) is 0. The highest BCUT2D eigenvalue weighted by Gasteiger charge is 2.09. The van der Waals surface area contributed by atoms with Crippen LogP contribution in [0.1, 0.15) is 5.56 Å². The van der Waals surface area contributed by atoms with Crippen molar-refractivity contribution in [2.24, 2.45) is 0 Å². The van der Waals surface area contributed by atoms with E-state index in [1.807, 2.05) is 18.2 Å². The van der Waals surface area contributed by atoms with Crippen molar-refractivity contribution < 1.29 is 0 Å². The van der Waals surface area contributed by atoms with Crippen LogP contribution >= 0.6 is 44.7 Å².